The van der Waals surface area contributed by atoms with Crippen LogP contribution in [-0.2, 0) is 35.4 Å². The first-order valence-corrected chi connectivity index (χ1v) is 15.6. The van der Waals surface area contributed by atoms with E-state index in [1.165, 1.54) is 0 Å². The highest BCUT2D eigenvalue weighted by atomic mass is 35.5. The number of primary amides is 1. The third-order valence-electron chi connectivity index (χ3n) is 7.95. The van der Waals surface area contributed by atoms with Gasteiger partial charge < -0.3 is 30.4 Å². The molecule has 0 saturated carbocycles. The number of rotatable bonds is 14. The molecule has 0 unspecified atom stereocenters. The van der Waals surface area contributed by atoms with Gasteiger partial charge in [0, 0.05) is 47.2 Å². The molecular formula is C37H37ClN4O5. The van der Waals surface area contributed by atoms with Crippen LogP contribution in [0, 0.1) is 0 Å². The van der Waals surface area contributed by atoms with Gasteiger partial charge in [-0.2, -0.15) is 0 Å². The zero-order valence-corrected chi connectivity index (χ0v) is 27.1. The number of halogens is 1. The summed E-state index contributed by atoms with van der Waals surface area (Å²) in [5, 5.41) is 7.30. The molecule has 1 atom stereocenters. The molecule has 10 heteroatoms. The molecule has 0 radical (unpaired) electrons. The quantitative estimate of drug-likeness (QED) is 0.154. The summed E-state index contributed by atoms with van der Waals surface area (Å²) >= 11 is 6.06. The number of amides is 3. The Morgan fingerprint density at radius 2 is 1.45 bits per heavy atom. The smallest absolute Gasteiger partial charge is 0.251 e. The van der Waals surface area contributed by atoms with Gasteiger partial charge in [-0.15, -0.1) is 0 Å². The Morgan fingerprint density at radius 3 is 2.06 bits per heavy atom. The molecule has 5 rings (SSSR count). The van der Waals surface area contributed by atoms with E-state index in [1.807, 2.05) is 89.6 Å². The van der Waals surface area contributed by atoms with Crippen LogP contribution in [0.25, 0.3) is 10.9 Å². The number of carbonyl (C=O) groups is 3. The largest absolute Gasteiger partial charge is 0.497 e. The Hall–Kier alpha value is -5.28. The topological polar surface area (TPSA) is 125 Å². The van der Waals surface area contributed by atoms with Gasteiger partial charge in [0.2, 0.25) is 11.8 Å². The van der Waals surface area contributed by atoms with E-state index >= 15 is 0 Å². The van der Waals surface area contributed by atoms with Crippen LogP contribution in [-0.4, -0.2) is 49.1 Å². The van der Waals surface area contributed by atoms with Gasteiger partial charge in [-0.25, -0.2) is 0 Å². The summed E-state index contributed by atoms with van der Waals surface area (Å²) in [6.45, 7) is 0.933. The first-order chi connectivity index (χ1) is 22.7. The monoisotopic (exact) mass is 652 g/mol. The molecule has 0 aliphatic heterocycles. The van der Waals surface area contributed by atoms with Crippen LogP contribution in [0.15, 0.2) is 97.2 Å². The fraction of sp³-hybridized carbons (Fsp3) is 0.216. The standard InChI is InChI=1S/C37H37ClN4O5/c1-46-30-12-5-24(6-13-30)17-18-40-37(45)33(19-25-7-14-31(47-2)15-8-25)41-36(44)27-9-16-34-32(20-27)28(21-35(39)43)23-42(34)22-26-3-10-29(38)11-4-26/h3-16,20,23,33H,17-19,21-22H2,1-2H3,(H2,39,43)(H,40,45)(H,41,44)/t33-/m0/s1. The van der Waals surface area contributed by atoms with Gasteiger partial charge in [0.15, 0.2) is 0 Å². The number of methoxy groups -OCH3 is 2. The van der Waals surface area contributed by atoms with Crippen molar-refractivity contribution in [3.05, 3.63) is 130 Å². The Balaban J connectivity index is 1.36. The molecular weight excluding hydrogens is 616 g/mol. The average molecular weight is 653 g/mol. The Kier molecular flexibility index (Phi) is 10.8. The van der Waals surface area contributed by atoms with Crippen LogP contribution in [0.4, 0.5) is 0 Å². The molecule has 0 aliphatic rings. The summed E-state index contributed by atoms with van der Waals surface area (Å²) in [7, 11) is 3.20. The minimum Gasteiger partial charge on any atom is -0.497 e. The predicted octanol–water partition coefficient (Wildman–Crippen LogP) is 5.09. The lowest BCUT2D eigenvalue weighted by Gasteiger charge is -2.19. The average Bonchev–Trinajstić information content (AvgIpc) is 3.41. The third-order valence-corrected chi connectivity index (χ3v) is 8.20. The molecule has 5 aromatic rings. The van der Waals surface area contributed by atoms with E-state index in [1.54, 1.807) is 26.4 Å². The molecule has 0 aliphatic carbocycles. The zero-order chi connectivity index (χ0) is 33.3. The van der Waals surface area contributed by atoms with Crippen LogP contribution in [0.1, 0.15) is 32.6 Å². The van der Waals surface area contributed by atoms with Crippen molar-refractivity contribution in [1.29, 1.82) is 0 Å². The van der Waals surface area contributed by atoms with Crippen molar-refractivity contribution >= 4 is 40.2 Å². The highest BCUT2D eigenvalue weighted by molar-refractivity contribution is 6.30. The lowest BCUT2D eigenvalue weighted by molar-refractivity contribution is -0.123. The van der Waals surface area contributed by atoms with Crippen molar-refractivity contribution in [2.75, 3.05) is 20.8 Å². The second-order valence-electron chi connectivity index (χ2n) is 11.3. The molecule has 0 fully saturated rings. The molecule has 3 amide bonds. The Morgan fingerprint density at radius 1 is 0.830 bits per heavy atom. The van der Waals surface area contributed by atoms with Crippen molar-refractivity contribution in [1.82, 2.24) is 15.2 Å². The molecule has 47 heavy (non-hydrogen) atoms. The SMILES string of the molecule is COc1ccc(CCNC(=O)[C@H](Cc2ccc(OC)cc2)NC(=O)c2ccc3c(c2)c(CC(N)=O)cn3Cc2ccc(Cl)cc2)cc1. The minimum atomic E-state index is -0.845. The fourth-order valence-corrected chi connectivity index (χ4v) is 5.58. The van der Waals surface area contributed by atoms with E-state index in [2.05, 4.69) is 10.6 Å². The number of hydrogen-bond donors (Lipinski definition) is 3. The van der Waals surface area contributed by atoms with Crippen molar-refractivity contribution in [3.8, 4) is 11.5 Å². The van der Waals surface area contributed by atoms with E-state index < -0.39 is 17.9 Å². The molecule has 242 valence electrons. The Labute approximate surface area is 278 Å². The van der Waals surface area contributed by atoms with E-state index in [-0.39, 0.29) is 18.7 Å². The molecule has 0 bridgehead atoms. The van der Waals surface area contributed by atoms with Crippen molar-refractivity contribution in [3.63, 3.8) is 0 Å². The number of nitrogens with one attached hydrogen (secondary N) is 2. The third kappa shape index (κ3) is 8.71. The second kappa shape index (κ2) is 15.3. The molecule has 9 nitrogen and oxygen atoms in total. The summed E-state index contributed by atoms with van der Waals surface area (Å²) in [6.07, 6.45) is 2.79. The maximum atomic E-state index is 13.7. The highest BCUT2D eigenvalue weighted by Crippen LogP contribution is 2.25. The lowest BCUT2D eigenvalue weighted by atomic mass is 10.0. The zero-order valence-electron chi connectivity index (χ0n) is 26.3. The predicted molar refractivity (Wildman–Crippen MR) is 183 cm³/mol. The van der Waals surface area contributed by atoms with E-state index in [0.717, 1.165) is 33.3 Å². The number of aromatic nitrogens is 1. The van der Waals surface area contributed by atoms with E-state index in [4.69, 9.17) is 26.8 Å². The summed E-state index contributed by atoms with van der Waals surface area (Å²) in [5.41, 5.74) is 10.4. The lowest BCUT2D eigenvalue weighted by Crippen LogP contribution is -2.48. The summed E-state index contributed by atoms with van der Waals surface area (Å²) < 4.78 is 12.5. The number of fused-ring (bicyclic) bond motifs is 1. The normalized spacial score (nSPS) is 11.6. The fourth-order valence-electron chi connectivity index (χ4n) is 5.45. The van der Waals surface area contributed by atoms with Crippen molar-refractivity contribution in [2.45, 2.75) is 31.8 Å². The van der Waals surface area contributed by atoms with Gasteiger partial charge in [-0.3, -0.25) is 14.4 Å². The van der Waals surface area contributed by atoms with E-state index in [9.17, 15) is 14.4 Å². The van der Waals surface area contributed by atoms with Crippen LogP contribution in [0.5, 0.6) is 11.5 Å². The number of hydrogen-bond acceptors (Lipinski definition) is 5. The molecule has 0 saturated heterocycles. The van der Waals surface area contributed by atoms with Gasteiger partial charge in [-0.05, 0) is 83.3 Å². The minimum absolute atomic E-state index is 0.0197. The summed E-state index contributed by atoms with van der Waals surface area (Å²) in [5.74, 6) is 0.272. The summed E-state index contributed by atoms with van der Waals surface area (Å²) in [4.78, 5) is 39.1. The Bertz CT molecular complexity index is 1850. The molecule has 4 aromatic carbocycles. The first-order valence-electron chi connectivity index (χ1n) is 15.2. The number of carbonyl (C=O) groups excluding carboxylic acids is 3. The summed E-state index contributed by atoms with van der Waals surface area (Å²) in [6, 6.07) is 27.0. The van der Waals surface area contributed by atoms with Gasteiger partial charge >= 0.3 is 0 Å². The van der Waals surface area contributed by atoms with Gasteiger partial charge in [0.1, 0.15) is 17.5 Å². The van der Waals surface area contributed by atoms with Crippen molar-refractivity contribution in [2.24, 2.45) is 5.73 Å². The number of ether oxygens (including phenoxy) is 2. The first kappa shape index (κ1) is 33.1. The number of nitrogens with two attached hydrogens (primary N) is 1. The van der Waals surface area contributed by atoms with E-state index in [0.29, 0.717) is 41.4 Å². The molecule has 4 N–H and O–H groups in total. The van der Waals surface area contributed by atoms with Gasteiger partial charge in [0.25, 0.3) is 5.91 Å². The van der Waals surface area contributed by atoms with Crippen LogP contribution in [0.2, 0.25) is 5.02 Å². The molecule has 1 heterocycles. The second-order valence-corrected chi connectivity index (χ2v) is 11.7. The van der Waals surface area contributed by atoms with Gasteiger partial charge in [0.05, 0.1) is 20.6 Å². The van der Waals surface area contributed by atoms with Crippen LogP contribution >= 0.6 is 11.6 Å². The van der Waals surface area contributed by atoms with Crippen LogP contribution in [0.3, 0.4) is 0 Å². The van der Waals surface area contributed by atoms with Crippen molar-refractivity contribution < 1.29 is 23.9 Å². The molecule has 1 aromatic heterocycles. The van der Waals surface area contributed by atoms with Gasteiger partial charge in [-0.1, -0.05) is 48.0 Å². The maximum absolute atomic E-state index is 13.7. The highest BCUT2D eigenvalue weighted by Gasteiger charge is 2.23. The molecule has 0 spiro atoms. The maximum Gasteiger partial charge on any atom is 0.251 e. The van der Waals surface area contributed by atoms with Crippen LogP contribution < -0.4 is 25.8 Å². The number of nitrogens with zero attached hydrogens (tertiary/aromatic N) is 1. The number of benzene rings is 4.